The summed E-state index contributed by atoms with van der Waals surface area (Å²) in [6, 6.07) is 0.466. The summed E-state index contributed by atoms with van der Waals surface area (Å²) in [6.07, 6.45) is 5.60. The molecule has 0 spiro atoms. The lowest BCUT2D eigenvalue weighted by Gasteiger charge is -2.20. The Balaban J connectivity index is 2.03. The molecule has 0 bridgehead atoms. The molecule has 0 unspecified atom stereocenters. The molecule has 5 heteroatoms. The highest BCUT2D eigenvalue weighted by Crippen LogP contribution is 2.15. The second-order valence-corrected chi connectivity index (χ2v) is 4.28. The Morgan fingerprint density at radius 2 is 2.12 bits per heavy atom. The van der Waals surface area contributed by atoms with Gasteiger partial charge in [0.25, 0.3) is 5.91 Å². The molecule has 1 amide bonds. The normalized spacial score (nSPS) is 20.4. The van der Waals surface area contributed by atoms with Crippen molar-refractivity contribution in [3.05, 3.63) is 24.3 Å². The molecule has 16 heavy (non-hydrogen) atoms. The number of rotatable bonds is 2. The van der Waals surface area contributed by atoms with Crippen LogP contribution in [0.25, 0.3) is 0 Å². The molecule has 86 valence electrons. The van der Waals surface area contributed by atoms with Gasteiger partial charge >= 0.3 is 0 Å². The maximum Gasteiger partial charge on any atom is 0.257 e. The molecule has 2 rings (SSSR count). The number of carbonyl (C=O) groups is 1. The molecular weight excluding hydrogens is 204 g/mol. The minimum absolute atomic E-state index is 0.0324. The van der Waals surface area contributed by atoms with Crippen LogP contribution in [0.5, 0.6) is 0 Å². The molecule has 0 N–H and O–H groups in total. The lowest BCUT2D eigenvalue weighted by atomic mass is 10.2. The van der Waals surface area contributed by atoms with Crippen LogP contribution in [0.3, 0.4) is 0 Å². The quantitative estimate of drug-likeness (QED) is 0.717. The molecule has 0 aliphatic carbocycles. The number of amides is 1. The van der Waals surface area contributed by atoms with Gasteiger partial charge in [0.1, 0.15) is 6.33 Å². The van der Waals surface area contributed by atoms with Gasteiger partial charge in [-0.1, -0.05) is 0 Å². The fourth-order valence-electron chi connectivity index (χ4n) is 1.94. The molecule has 1 aromatic rings. The number of carbonyl (C=O) groups excluding carboxylic acids is 1. The Bertz CT molecular complexity index is 366. The van der Waals surface area contributed by atoms with Crippen molar-refractivity contribution in [1.29, 1.82) is 0 Å². The van der Waals surface area contributed by atoms with Gasteiger partial charge in [-0.15, -0.1) is 0 Å². The van der Waals surface area contributed by atoms with Crippen molar-refractivity contribution in [1.82, 2.24) is 19.8 Å². The van der Waals surface area contributed by atoms with Gasteiger partial charge in [0.15, 0.2) is 0 Å². The predicted molar refractivity (Wildman–Crippen MR) is 60.0 cm³/mol. The van der Waals surface area contributed by atoms with Crippen LogP contribution in [0, 0.1) is 0 Å². The van der Waals surface area contributed by atoms with Crippen molar-refractivity contribution in [2.75, 3.05) is 27.2 Å². The van der Waals surface area contributed by atoms with Crippen LogP contribution in [-0.2, 0) is 0 Å². The molecule has 1 aliphatic rings. The zero-order valence-electron chi connectivity index (χ0n) is 9.63. The van der Waals surface area contributed by atoms with Crippen LogP contribution < -0.4 is 0 Å². The van der Waals surface area contributed by atoms with Crippen LogP contribution >= 0.6 is 0 Å². The summed E-state index contributed by atoms with van der Waals surface area (Å²) in [7, 11) is 4.09. The van der Waals surface area contributed by atoms with E-state index in [1.54, 1.807) is 12.4 Å². The molecule has 1 fully saturated rings. The number of hydrogen-bond donors (Lipinski definition) is 0. The van der Waals surface area contributed by atoms with Gasteiger partial charge < -0.3 is 9.80 Å². The first-order chi connectivity index (χ1) is 7.68. The maximum atomic E-state index is 12.0. The summed E-state index contributed by atoms with van der Waals surface area (Å²) < 4.78 is 0. The fraction of sp³-hybridized carbons (Fsp3) is 0.545. The van der Waals surface area contributed by atoms with E-state index in [1.165, 1.54) is 6.33 Å². The predicted octanol–water partition coefficient (Wildman–Crippen LogP) is 0.253. The van der Waals surface area contributed by atoms with E-state index in [1.807, 2.05) is 19.0 Å². The van der Waals surface area contributed by atoms with Crippen molar-refractivity contribution in [3.63, 3.8) is 0 Å². The third-order valence-electron chi connectivity index (χ3n) is 2.99. The minimum atomic E-state index is 0.0324. The van der Waals surface area contributed by atoms with Gasteiger partial charge in [-0.3, -0.25) is 4.79 Å². The number of aromatic nitrogens is 2. The van der Waals surface area contributed by atoms with Crippen molar-refractivity contribution < 1.29 is 4.79 Å². The van der Waals surface area contributed by atoms with Crippen LogP contribution in [0.4, 0.5) is 0 Å². The molecular formula is C11H16N4O. The van der Waals surface area contributed by atoms with E-state index < -0.39 is 0 Å². The van der Waals surface area contributed by atoms with Crippen LogP contribution in [0.15, 0.2) is 18.7 Å². The second kappa shape index (κ2) is 4.57. The number of hydrogen-bond acceptors (Lipinski definition) is 4. The lowest BCUT2D eigenvalue weighted by molar-refractivity contribution is 0.0782. The van der Waals surface area contributed by atoms with Crippen molar-refractivity contribution >= 4 is 5.91 Å². The molecule has 0 saturated carbocycles. The number of nitrogens with zero attached hydrogens (tertiary/aromatic N) is 4. The fourth-order valence-corrected chi connectivity index (χ4v) is 1.94. The zero-order chi connectivity index (χ0) is 11.5. The Labute approximate surface area is 95.1 Å². The van der Waals surface area contributed by atoms with Gasteiger partial charge in [-0.2, -0.15) is 0 Å². The third kappa shape index (κ3) is 2.19. The smallest absolute Gasteiger partial charge is 0.257 e. The highest BCUT2D eigenvalue weighted by atomic mass is 16.2. The van der Waals surface area contributed by atoms with Crippen molar-refractivity contribution in [2.24, 2.45) is 0 Å². The van der Waals surface area contributed by atoms with Crippen LogP contribution in [0.1, 0.15) is 16.8 Å². The molecule has 1 saturated heterocycles. The molecule has 0 aromatic carbocycles. The van der Waals surface area contributed by atoms with E-state index in [9.17, 15) is 4.79 Å². The minimum Gasteiger partial charge on any atom is -0.337 e. The Morgan fingerprint density at radius 3 is 2.69 bits per heavy atom. The van der Waals surface area contributed by atoms with Crippen LogP contribution in [-0.4, -0.2) is 58.9 Å². The SMILES string of the molecule is CN(C)[C@@H]1CCN(C(=O)c2cncnc2)C1. The van der Waals surface area contributed by atoms with E-state index in [4.69, 9.17) is 0 Å². The zero-order valence-corrected chi connectivity index (χ0v) is 9.63. The van der Waals surface area contributed by atoms with Crippen molar-refractivity contribution in [3.8, 4) is 0 Å². The highest BCUT2D eigenvalue weighted by Gasteiger charge is 2.28. The van der Waals surface area contributed by atoms with Crippen LogP contribution in [0.2, 0.25) is 0 Å². The van der Waals surface area contributed by atoms with Crippen molar-refractivity contribution in [2.45, 2.75) is 12.5 Å². The molecule has 5 nitrogen and oxygen atoms in total. The van der Waals surface area contributed by atoms with Gasteiger partial charge in [0, 0.05) is 31.5 Å². The average Bonchev–Trinajstić information content (AvgIpc) is 2.78. The van der Waals surface area contributed by atoms with Gasteiger partial charge in [-0.05, 0) is 20.5 Å². The van der Waals surface area contributed by atoms with Gasteiger partial charge in [-0.25, -0.2) is 9.97 Å². The number of likely N-dealkylation sites (tertiary alicyclic amines) is 1. The summed E-state index contributed by atoms with van der Waals surface area (Å²) >= 11 is 0. The summed E-state index contributed by atoms with van der Waals surface area (Å²) in [5, 5.41) is 0. The monoisotopic (exact) mass is 220 g/mol. The summed E-state index contributed by atoms with van der Waals surface area (Å²) in [5.41, 5.74) is 0.571. The summed E-state index contributed by atoms with van der Waals surface area (Å²) in [4.78, 5) is 23.8. The topological polar surface area (TPSA) is 49.3 Å². The average molecular weight is 220 g/mol. The van der Waals surface area contributed by atoms with E-state index in [-0.39, 0.29) is 5.91 Å². The Morgan fingerprint density at radius 1 is 1.44 bits per heavy atom. The largest absolute Gasteiger partial charge is 0.337 e. The molecule has 1 aliphatic heterocycles. The van der Waals surface area contributed by atoms with E-state index in [2.05, 4.69) is 14.9 Å². The third-order valence-corrected chi connectivity index (χ3v) is 2.99. The molecule has 0 radical (unpaired) electrons. The standard InChI is InChI=1S/C11H16N4O/c1-14(2)10-3-4-15(7-10)11(16)9-5-12-8-13-6-9/h5-6,8,10H,3-4,7H2,1-2H3/t10-/m1/s1. The first-order valence-corrected chi connectivity index (χ1v) is 5.39. The second-order valence-electron chi connectivity index (χ2n) is 4.28. The van der Waals surface area contributed by atoms with E-state index in [0.29, 0.717) is 11.6 Å². The number of likely N-dealkylation sites (N-methyl/N-ethyl adjacent to an activating group) is 1. The first-order valence-electron chi connectivity index (χ1n) is 5.39. The molecule has 1 aromatic heterocycles. The van der Waals surface area contributed by atoms with E-state index in [0.717, 1.165) is 19.5 Å². The molecule has 2 heterocycles. The summed E-state index contributed by atoms with van der Waals surface area (Å²) in [5.74, 6) is 0.0324. The van der Waals surface area contributed by atoms with Gasteiger partial charge in [0.2, 0.25) is 0 Å². The van der Waals surface area contributed by atoms with Gasteiger partial charge in [0.05, 0.1) is 5.56 Å². The highest BCUT2D eigenvalue weighted by molar-refractivity contribution is 5.93. The maximum absolute atomic E-state index is 12.0. The lowest BCUT2D eigenvalue weighted by Crippen LogP contribution is -2.34. The van der Waals surface area contributed by atoms with E-state index >= 15 is 0 Å². The Kier molecular flexibility index (Phi) is 3.14. The Hall–Kier alpha value is -1.49. The first kappa shape index (κ1) is 11.0. The molecule has 1 atom stereocenters. The summed E-state index contributed by atoms with van der Waals surface area (Å²) in [6.45, 7) is 1.61.